The van der Waals surface area contributed by atoms with Crippen molar-refractivity contribution in [2.24, 2.45) is 0 Å². The fraction of sp³-hybridized carbons (Fsp3) is 0.370. The minimum absolute atomic E-state index is 0.0755. The Bertz CT molecular complexity index is 1200. The van der Waals surface area contributed by atoms with Crippen LogP contribution in [0.25, 0.3) is 0 Å². The third kappa shape index (κ3) is 5.87. The summed E-state index contributed by atoms with van der Waals surface area (Å²) in [5.41, 5.74) is 2.93. The lowest BCUT2D eigenvalue weighted by molar-refractivity contribution is 0.0746. The SMILES string of the molecule is COc1ccc(N2CCN(C(=O)c3cccc(CSc4nc(Cl)cc(N5CCCC5)n4)c3)CC2)cc1. The fourth-order valence-electron chi connectivity index (χ4n) is 4.64. The van der Waals surface area contributed by atoms with Crippen molar-refractivity contribution in [3.05, 3.63) is 70.9 Å². The lowest BCUT2D eigenvalue weighted by atomic mass is 10.1. The van der Waals surface area contributed by atoms with E-state index in [1.54, 1.807) is 18.9 Å². The molecule has 36 heavy (non-hydrogen) atoms. The lowest BCUT2D eigenvalue weighted by Gasteiger charge is -2.36. The quantitative estimate of drug-likeness (QED) is 0.245. The van der Waals surface area contributed by atoms with Crippen LogP contribution < -0.4 is 14.5 Å². The maximum Gasteiger partial charge on any atom is 0.253 e. The molecule has 2 aliphatic rings. The van der Waals surface area contributed by atoms with Gasteiger partial charge in [0.25, 0.3) is 5.91 Å². The van der Waals surface area contributed by atoms with Crippen LogP contribution >= 0.6 is 23.4 Å². The summed E-state index contributed by atoms with van der Waals surface area (Å²) < 4.78 is 5.25. The zero-order valence-electron chi connectivity index (χ0n) is 20.4. The highest BCUT2D eigenvalue weighted by molar-refractivity contribution is 7.98. The summed E-state index contributed by atoms with van der Waals surface area (Å²) in [5, 5.41) is 1.13. The van der Waals surface area contributed by atoms with Crippen LogP contribution in [0.15, 0.2) is 59.8 Å². The number of methoxy groups -OCH3 is 1. The van der Waals surface area contributed by atoms with Crippen molar-refractivity contribution in [3.63, 3.8) is 0 Å². The molecule has 5 rings (SSSR count). The molecule has 7 nitrogen and oxygen atoms in total. The highest BCUT2D eigenvalue weighted by Gasteiger charge is 2.23. The van der Waals surface area contributed by atoms with Crippen LogP contribution in [0.3, 0.4) is 0 Å². The molecule has 0 spiro atoms. The molecule has 1 aromatic heterocycles. The van der Waals surface area contributed by atoms with Gasteiger partial charge in [-0.2, -0.15) is 0 Å². The number of ether oxygens (including phenoxy) is 1. The first-order chi connectivity index (χ1) is 17.6. The van der Waals surface area contributed by atoms with Gasteiger partial charge in [-0.1, -0.05) is 35.5 Å². The highest BCUT2D eigenvalue weighted by atomic mass is 35.5. The Labute approximate surface area is 221 Å². The summed E-state index contributed by atoms with van der Waals surface area (Å²) in [5.74, 6) is 2.49. The number of amides is 1. The number of carbonyl (C=O) groups excluding carboxylic acids is 1. The average molecular weight is 524 g/mol. The Morgan fingerprint density at radius 3 is 2.42 bits per heavy atom. The smallest absolute Gasteiger partial charge is 0.253 e. The van der Waals surface area contributed by atoms with Crippen molar-refractivity contribution in [2.45, 2.75) is 23.8 Å². The number of thioether (sulfide) groups is 1. The van der Waals surface area contributed by atoms with E-state index in [0.29, 0.717) is 29.2 Å². The first-order valence-corrected chi connectivity index (χ1v) is 13.6. The summed E-state index contributed by atoms with van der Waals surface area (Å²) in [6.45, 7) is 5.02. The minimum Gasteiger partial charge on any atom is -0.497 e. The molecular formula is C27H30ClN5O2S. The predicted molar refractivity (Wildman–Crippen MR) is 146 cm³/mol. The van der Waals surface area contributed by atoms with E-state index < -0.39 is 0 Å². The number of hydrogen-bond acceptors (Lipinski definition) is 7. The Morgan fingerprint density at radius 2 is 1.69 bits per heavy atom. The van der Waals surface area contributed by atoms with Crippen molar-refractivity contribution >= 4 is 40.8 Å². The maximum absolute atomic E-state index is 13.2. The van der Waals surface area contributed by atoms with Crippen molar-refractivity contribution in [3.8, 4) is 5.75 Å². The number of hydrogen-bond donors (Lipinski definition) is 0. The van der Waals surface area contributed by atoms with E-state index >= 15 is 0 Å². The van der Waals surface area contributed by atoms with Crippen molar-refractivity contribution < 1.29 is 9.53 Å². The predicted octanol–water partition coefficient (Wildman–Crippen LogP) is 4.99. The van der Waals surface area contributed by atoms with E-state index in [2.05, 4.69) is 26.9 Å². The summed E-state index contributed by atoms with van der Waals surface area (Å²) in [6.07, 6.45) is 2.36. The van der Waals surface area contributed by atoms with Gasteiger partial charge in [0, 0.05) is 62.3 Å². The van der Waals surface area contributed by atoms with Gasteiger partial charge >= 0.3 is 0 Å². The van der Waals surface area contributed by atoms with Gasteiger partial charge in [-0.3, -0.25) is 4.79 Å². The molecule has 0 atom stereocenters. The van der Waals surface area contributed by atoms with E-state index in [0.717, 1.165) is 54.6 Å². The van der Waals surface area contributed by atoms with E-state index in [-0.39, 0.29) is 5.91 Å². The van der Waals surface area contributed by atoms with Gasteiger partial charge in [-0.05, 0) is 54.8 Å². The minimum atomic E-state index is 0.0755. The number of nitrogens with zero attached hydrogens (tertiary/aromatic N) is 5. The third-order valence-electron chi connectivity index (χ3n) is 6.64. The molecule has 2 aromatic carbocycles. The molecule has 2 saturated heterocycles. The number of piperazine rings is 1. The van der Waals surface area contributed by atoms with Crippen LogP contribution in [0.4, 0.5) is 11.5 Å². The number of carbonyl (C=O) groups is 1. The Kier molecular flexibility index (Phi) is 7.82. The molecule has 0 unspecified atom stereocenters. The molecule has 0 N–H and O–H groups in total. The third-order valence-corrected chi connectivity index (χ3v) is 7.75. The molecule has 0 aliphatic carbocycles. The zero-order chi connectivity index (χ0) is 24.9. The molecule has 188 valence electrons. The van der Waals surface area contributed by atoms with Gasteiger partial charge in [0.1, 0.15) is 16.7 Å². The number of benzene rings is 2. The summed E-state index contributed by atoms with van der Waals surface area (Å²) in [7, 11) is 1.67. The first kappa shape index (κ1) is 24.7. The number of anilines is 2. The lowest BCUT2D eigenvalue weighted by Crippen LogP contribution is -2.48. The normalized spacial score (nSPS) is 15.9. The Morgan fingerprint density at radius 1 is 0.944 bits per heavy atom. The van der Waals surface area contributed by atoms with Crippen molar-refractivity contribution in [1.82, 2.24) is 14.9 Å². The van der Waals surface area contributed by atoms with E-state index in [1.165, 1.54) is 12.8 Å². The van der Waals surface area contributed by atoms with Crippen LogP contribution in [0.2, 0.25) is 5.15 Å². The van der Waals surface area contributed by atoms with E-state index in [4.69, 9.17) is 21.3 Å². The average Bonchev–Trinajstić information content (AvgIpc) is 3.47. The van der Waals surface area contributed by atoms with Crippen LogP contribution in [0.5, 0.6) is 5.75 Å². The van der Waals surface area contributed by atoms with E-state index in [1.807, 2.05) is 47.4 Å². The molecule has 3 aromatic rings. The topological polar surface area (TPSA) is 61.8 Å². The van der Waals surface area contributed by atoms with Crippen LogP contribution in [-0.2, 0) is 5.75 Å². The monoisotopic (exact) mass is 523 g/mol. The standard InChI is InChI=1S/C27H30ClN5O2S/c1-35-23-9-7-22(8-10-23)31-13-15-33(16-14-31)26(34)21-6-4-5-20(17-21)19-36-27-29-24(28)18-25(30-27)32-11-2-3-12-32/h4-10,17-18H,2-3,11-16,19H2,1H3. The fourth-order valence-corrected chi connectivity index (χ4v) is 5.67. The molecule has 3 heterocycles. The molecule has 1 amide bonds. The highest BCUT2D eigenvalue weighted by Crippen LogP contribution is 2.27. The van der Waals surface area contributed by atoms with Crippen molar-refractivity contribution in [1.29, 1.82) is 0 Å². The second-order valence-electron chi connectivity index (χ2n) is 8.99. The summed E-state index contributed by atoms with van der Waals surface area (Å²) >= 11 is 7.82. The van der Waals surface area contributed by atoms with Gasteiger partial charge < -0.3 is 19.4 Å². The Hall–Kier alpha value is -2.97. The number of rotatable bonds is 7. The van der Waals surface area contributed by atoms with E-state index in [9.17, 15) is 4.79 Å². The van der Waals surface area contributed by atoms with Gasteiger partial charge in [-0.15, -0.1) is 0 Å². The number of aromatic nitrogens is 2. The maximum atomic E-state index is 13.2. The molecule has 0 radical (unpaired) electrons. The molecule has 2 aliphatic heterocycles. The van der Waals surface area contributed by atoms with Crippen LogP contribution in [0, 0.1) is 0 Å². The van der Waals surface area contributed by atoms with Crippen molar-refractivity contribution in [2.75, 3.05) is 56.2 Å². The molecule has 0 saturated carbocycles. The summed E-state index contributed by atoms with van der Waals surface area (Å²) in [4.78, 5) is 28.8. The van der Waals surface area contributed by atoms with Gasteiger partial charge in [-0.25, -0.2) is 9.97 Å². The molecule has 2 fully saturated rings. The number of halogens is 1. The molecular weight excluding hydrogens is 494 g/mol. The molecule has 9 heteroatoms. The van der Waals surface area contributed by atoms with Gasteiger partial charge in [0.2, 0.25) is 0 Å². The van der Waals surface area contributed by atoms with Crippen LogP contribution in [-0.4, -0.2) is 67.2 Å². The van der Waals surface area contributed by atoms with Gasteiger partial charge in [0.05, 0.1) is 7.11 Å². The second-order valence-corrected chi connectivity index (χ2v) is 10.3. The van der Waals surface area contributed by atoms with Crippen LogP contribution in [0.1, 0.15) is 28.8 Å². The van der Waals surface area contributed by atoms with Gasteiger partial charge in [0.15, 0.2) is 5.16 Å². The summed E-state index contributed by atoms with van der Waals surface area (Å²) in [6, 6.07) is 17.8. The molecule has 0 bridgehead atoms. The Balaban J connectivity index is 1.18. The zero-order valence-corrected chi connectivity index (χ0v) is 22.0. The second kappa shape index (κ2) is 11.4. The first-order valence-electron chi connectivity index (χ1n) is 12.3. The largest absolute Gasteiger partial charge is 0.497 e.